The maximum atomic E-state index is 12.8. The minimum absolute atomic E-state index is 0.0596. The first-order valence-electron chi connectivity index (χ1n) is 11.2. The number of fused-ring (bicyclic) bond motifs is 2. The van der Waals surface area contributed by atoms with E-state index in [2.05, 4.69) is 52.6 Å². The van der Waals surface area contributed by atoms with Crippen molar-refractivity contribution in [2.45, 2.75) is 39.5 Å². The van der Waals surface area contributed by atoms with Crippen molar-refractivity contribution >= 4 is 28.3 Å². The highest BCUT2D eigenvalue weighted by atomic mass is 16.1. The van der Waals surface area contributed by atoms with Crippen molar-refractivity contribution in [3.63, 3.8) is 0 Å². The molecule has 0 aliphatic rings. The molecule has 2 N–H and O–H groups in total. The van der Waals surface area contributed by atoms with E-state index in [0.717, 1.165) is 54.9 Å². The third-order valence-electron chi connectivity index (χ3n) is 5.82. The van der Waals surface area contributed by atoms with Crippen molar-refractivity contribution in [2.24, 2.45) is 0 Å². The Morgan fingerprint density at radius 3 is 2.84 bits per heavy atom. The fourth-order valence-corrected chi connectivity index (χ4v) is 4.11. The van der Waals surface area contributed by atoms with Gasteiger partial charge in [-0.25, -0.2) is 4.98 Å². The Morgan fingerprint density at radius 2 is 2.03 bits per heavy atom. The molecule has 4 aromatic rings. The predicted molar refractivity (Wildman–Crippen MR) is 127 cm³/mol. The maximum absolute atomic E-state index is 12.8. The van der Waals surface area contributed by atoms with Gasteiger partial charge in [0.25, 0.3) is 5.91 Å². The quantitative estimate of drug-likeness (QED) is 0.419. The summed E-state index contributed by atoms with van der Waals surface area (Å²) in [6, 6.07) is 12.0. The Bertz CT molecular complexity index is 1190. The van der Waals surface area contributed by atoms with E-state index >= 15 is 0 Å². The number of aromatic amines is 1. The van der Waals surface area contributed by atoms with E-state index in [1.807, 2.05) is 36.7 Å². The smallest absolute Gasteiger partial charge is 0.252 e. The molecule has 0 atom stereocenters. The summed E-state index contributed by atoms with van der Waals surface area (Å²) in [5.41, 5.74) is 4.94. The molecule has 31 heavy (non-hydrogen) atoms. The van der Waals surface area contributed by atoms with E-state index in [1.165, 1.54) is 10.9 Å². The molecule has 6 heteroatoms. The number of aromatic nitrogens is 3. The lowest BCUT2D eigenvalue weighted by Crippen LogP contribution is -2.26. The number of para-hydroxylation sites is 1. The topological polar surface area (TPSA) is 65.4 Å². The third kappa shape index (κ3) is 4.29. The lowest BCUT2D eigenvalue weighted by Gasteiger charge is -2.20. The number of aryl methyl sites for hydroxylation is 1. The van der Waals surface area contributed by atoms with Crippen molar-refractivity contribution < 1.29 is 4.79 Å². The Balaban J connectivity index is 1.50. The van der Waals surface area contributed by atoms with Gasteiger partial charge in [0.15, 0.2) is 0 Å². The highest BCUT2D eigenvalue weighted by molar-refractivity contribution is 5.94. The molecule has 6 nitrogen and oxygen atoms in total. The summed E-state index contributed by atoms with van der Waals surface area (Å²) < 4.78 is 2.06. The van der Waals surface area contributed by atoms with Crippen LogP contribution in [0.25, 0.3) is 16.6 Å². The molecule has 0 spiro atoms. The van der Waals surface area contributed by atoms with Crippen molar-refractivity contribution in [2.75, 3.05) is 25.0 Å². The van der Waals surface area contributed by atoms with Crippen LogP contribution in [0.4, 0.5) is 5.82 Å². The number of hydrogen-bond acceptors (Lipinski definition) is 3. The monoisotopic (exact) mass is 417 g/mol. The Kier molecular flexibility index (Phi) is 6.26. The molecule has 3 aromatic heterocycles. The van der Waals surface area contributed by atoms with Gasteiger partial charge in [0.1, 0.15) is 11.5 Å². The van der Waals surface area contributed by atoms with Gasteiger partial charge in [-0.15, -0.1) is 0 Å². The number of nitrogens with one attached hydrogen (secondary N) is 2. The highest BCUT2D eigenvalue weighted by Gasteiger charge is 2.16. The molecule has 0 bridgehead atoms. The first-order valence-corrected chi connectivity index (χ1v) is 11.2. The summed E-state index contributed by atoms with van der Waals surface area (Å²) in [7, 11) is 2.10. The summed E-state index contributed by atoms with van der Waals surface area (Å²) >= 11 is 0. The normalized spacial score (nSPS) is 11.3. The van der Waals surface area contributed by atoms with Crippen molar-refractivity contribution in [1.82, 2.24) is 19.7 Å². The van der Waals surface area contributed by atoms with Gasteiger partial charge in [0, 0.05) is 43.4 Å². The van der Waals surface area contributed by atoms with Crippen LogP contribution in [0.5, 0.6) is 0 Å². The maximum Gasteiger partial charge on any atom is 0.252 e. The average molecular weight is 418 g/mol. The van der Waals surface area contributed by atoms with Crippen LogP contribution in [0.3, 0.4) is 0 Å². The third-order valence-corrected chi connectivity index (χ3v) is 5.82. The summed E-state index contributed by atoms with van der Waals surface area (Å²) in [5, 5.41) is 4.28. The standard InChI is InChI=1S/C25H31N5O/c1-4-6-15-29(3)25-21(5-2)28-23-12-11-19(17-30(23)25)24(31)26-14-13-18-16-27-22-10-8-7-9-20(18)22/h7-12,16-17,27H,4-6,13-15H2,1-3H3,(H,26,31). The zero-order chi connectivity index (χ0) is 21.8. The molecule has 0 radical (unpaired) electrons. The Hall–Kier alpha value is -3.28. The molecule has 0 saturated carbocycles. The van der Waals surface area contributed by atoms with Gasteiger partial charge in [-0.1, -0.05) is 38.5 Å². The van der Waals surface area contributed by atoms with Gasteiger partial charge in [-0.05, 0) is 43.0 Å². The molecule has 0 fully saturated rings. The number of nitrogens with zero attached hydrogens (tertiary/aromatic N) is 3. The van der Waals surface area contributed by atoms with Crippen LogP contribution in [0.15, 0.2) is 48.8 Å². The number of rotatable bonds is 9. The fraction of sp³-hybridized carbons (Fsp3) is 0.360. The second kappa shape index (κ2) is 9.25. The molecule has 1 aromatic carbocycles. The lowest BCUT2D eigenvalue weighted by atomic mass is 10.1. The van der Waals surface area contributed by atoms with Crippen LogP contribution >= 0.6 is 0 Å². The van der Waals surface area contributed by atoms with Crippen LogP contribution in [0.2, 0.25) is 0 Å². The molecule has 3 heterocycles. The number of unbranched alkanes of at least 4 members (excludes halogenated alkanes) is 1. The lowest BCUT2D eigenvalue weighted by molar-refractivity contribution is 0.0953. The van der Waals surface area contributed by atoms with Gasteiger partial charge in [-0.2, -0.15) is 0 Å². The molecule has 0 aliphatic heterocycles. The number of H-pyrrole nitrogens is 1. The van der Waals surface area contributed by atoms with Crippen LogP contribution in [0.1, 0.15) is 48.3 Å². The minimum Gasteiger partial charge on any atom is -0.361 e. The SMILES string of the molecule is CCCCN(C)c1c(CC)nc2ccc(C(=O)NCCc3c[nH]c4ccccc34)cn12. The highest BCUT2D eigenvalue weighted by Crippen LogP contribution is 2.23. The largest absolute Gasteiger partial charge is 0.361 e. The Morgan fingerprint density at radius 1 is 1.19 bits per heavy atom. The number of benzene rings is 1. The van der Waals surface area contributed by atoms with Gasteiger partial charge in [0.2, 0.25) is 0 Å². The van der Waals surface area contributed by atoms with E-state index in [9.17, 15) is 4.79 Å². The number of hydrogen-bond donors (Lipinski definition) is 2. The summed E-state index contributed by atoms with van der Waals surface area (Å²) in [6.07, 6.45) is 7.86. The molecule has 162 valence electrons. The minimum atomic E-state index is -0.0596. The number of carbonyl (C=O) groups excluding carboxylic acids is 1. The molecular formula is C25H31N5O. The van der Waals surface area contributed by atoms with Crippen LogP contribution in [-0.2, 0) is 12.8 Å². The number of pyridine rings is 1. The van der Waals surface area contributed by atoms with E-state index in [4.69, 9.17) is 4.98 Å². The van der Waals surface area contributed by atoms with E-state index in [-0.39, 0.29) is 5.91 Å². The Labute approximate surface area is 183 Å². The number of carbonyl (C=O) groups is 1. The first kappa shape index (κ1) is 21.0. The van der Waals surface area contributed by atoms with Crippen LogP contribution in [-0.4, -0.2) is 40.4 Å². The summed E-state index contributed by atoms with van der Waals surface area (Å²) in [6.45, 7) is 5.88. The summed E-state index contributed by atoms with van der Waals surface area (Å²) in [4.78, 5) is 23.2. The van der Waals surface area contributed by atoms with Gasteiger partial charge in [0.05, 0.1) is 11.3 Å². The van der Waals surface area contributed by atoms with Crippen LogP contribution in [0, 0.1) is 0 Å². The molecule has 0 unspecified atom stereocenters. The summed E-state index contributed by atoms with van der Waals surface area (Å²) in [5.74, 6) is 1.02. The molecular weight excluding hydrogens is 386 g/mol. The fourth-order valence-electron chi connectivity index (χ4n) is 4.11. The van der Waals surface area contributed by atoms with Crippen molar-refractivity contribution in [3.05, 3.63) is 65.6 Å². The van der Waals surface area contributed by atoms with E-state index < -0.39 is 0 Å². The zero-order valence-electron chi connectivity index (χ0n) is 18.6. The van der Waals surface area contributed by atoms with Gasteiger partial charge in [-0.3, -0.25) is 9.20 Å². The zero-order valence-corrected chi connectivity index (χ0v) is 18.6. The van der Waals surface area contributed by atoms with E-state index in [1.54, 1.807) is 0 Å². The van der Waals surface area contributed by atoms with Crippen LogP contribution < -0.4 is 10.2 Å². The second-order valence-corrected chi connectivity index (χ2v) is 8.02. The van der Waals surface area contributed by atoms with Crippen molar-refractivity contribution in [3.8, 4) is 0 Å². The number of amides is 1. The number of imidazole rings is 1. The van der Waals surface area contributed by atoms with Crippen molar-refractivity contribution in [1.29, 1.82) is 0 Å². The first-order chi connectivity index (χ1) is 15.1. The molecule has 0 aliphatic carbocycles. The van der Waals surface area contributed by atoms with Gasteiger partial charge < -0.3 is 15.2 Å². The number of anilines is 1. The van der Waals surface area contributed by atoms with Gasteiger partial charge >= 0.3 is 0 Å². The molecule has 1 amide bonds. The second-order valence-electron chi connectivity index (χ2n) is 8.02. The molecule has 4 rings (SSSR count). The predicted octanol–water partition coefficient (Wildman–Crippen LogP) is 4.59. The average Bonchev–Trinajstić information content (AvgIpc) is 3.38. The molecule has 0 saturated heterocycles. The van der Waals surface area contributed by atoms with E-state index in [0.29, 0.717) is 12.1 Å².